The molecule has 1 aromatic carbocycles. The number of amides is 1. The van der Waals surface area contributed by atoms with Crippen molar-refractivity contribution in [2.75, 3.05) is 0 Å². The molecular formula is C19H14F3N5O. The minimum absolute atomic E-state index is 0.0936. The van der Waals surface area contributed by atoms with Gasteiger partial charge in [0.15, 0.2) is 5.82 Å². The van der Waals surface area contributed by atoms with Crippen LogP contribution in [-0.4, -0.2) is 25.8 Å². The first-order valence-electron chi connectivity index (χ1n) is 8.03. The smallest absolute Gasteiger partial charge is 0.366 e. The van der Waals surface area contributed by atoms with E-state index in [9.17, 15) is 18.0 Å². The molecule has 0 fully saturated rings. The number of benzene rings is 1. The predicted molar refractivity (Wildman–Crippen MR) is 96.3 cm³/mol. The fourth-order valence-corrected chi connectivity index (χ4v) is 2.55. The molecule has 0 saturated heterocycles. The number of aromatic nitrogens is 4. The topological polar surface area (TPSA) is 94.7 Å². The molecule has 0 aliphatic heterocycles. The van der Waals surface area contributed by atoms with Gasteiger partial charge >= 0.3 is 6.18 Å². The van der Waals surface area contributed by atoms with E-state index in [0.717, 1.165) is 12.1 Å². The number of hydrogen-bond donors (Lipinski definition) is 1. The molecule has 3 rings (SSSR count). The maximum Gasteiger partial charge on any atom is 0.416 e. The highest BCUT2D eigenvalue weighted by Gasteiger charge is 2.31. The van der Waals surface area contributed by atoms with Gasteiger partial charge in [0, 0.05) is 29.7 Å². The van der Waals surface area contributed by atoms with E-state index < -0.39 is 17.6 Å². The van der Waals surface area contributed by atoms with Gasteiger partial charge in [-0.1, -0.05) is 0 Å². The number of hydrogen-bond acceptors (Lipinski definition) is 5. The number of alkyl halides is 3. The van der Waals surface area contributed by atoms with Gasteiger partial charge in [0.2, 0.25) is 5.91 Å². The third kappa shape index (κ3) is 4.37. The summed E-state index contributed by atoms with van der Waals surface area (Å²) in [6, 6.07) is 5.10. The lowest BCUT2D eigenvalue weighted by molar-refractivity contribution is -0.137. The molecule has 0 atom stereocenters. The van der Waals surface area contributed by atoms with Gasteiger partial charge in [0.1, 0.15) is 6.33 Å². The van der Waals surface area contributed by atoms with Crippen LogP contribution < -0.4 is 5.73 Å². The molecule has 0 spiro atoms. The van der Waals surface area contributed by atoms with Gasteiger partial charge < -0.3 is 5.73 Å². The quantitative estimate of drug-likeness (QED) is 0.696. The molecule has 2 N–H and O–H groups in total. The van der Waals surface area contributed by atoms with Crippen molar-refractivity contribution in [2.24, 2.45) is 5.73 Å². The first kappa shape index (κ1) is 19.2. The molecule has 6 nitrogen and oxygen atoms in total. The van der Waals surface area contributed by atoms with E-state index in [2.05, 4.69) is 19.9 Å². The van der Waals surface area contributed by atoms with Gasteiger partial charge in [-0.2, -0.15) is 13.2 Å². The molecule has 28 heavy (non-hydrogen) atoms. The number of carbonyl (C=O) groups is 1. The second-order valence-electron chi connectivity index (χ2n) is 5.94. The fraction of sp³-hybridized carbons (Fsp3) is 0.105. The number of aryl methyl sites for hydroxylation is 1. The molecule has 2 heterocycles. The van der Waals surface area contributed by atoms with Gasteiger partial charge in [-0.3, -0.25) is 4.79 Å². The largest absolute Gasteiger partial charge is 0.416 e. The zero-order valence-electron chi connectivity index (χ0n) is 14.6. The first-order valence-corrected chi connectivity index (χ1v) is 8.03. The third-order valence-electron chi connectivity index (χ3n) is 3.77. The van der Waals surface area contributed by atoms with Gasteiger partial charge in [0.05, 0.1) is 16.8 Å². The Hall–Kier alpha value is -3.62. The maximum absolute atomic E-state index is 13.1. The van der Waals surface area contributed by atoms with Crippen LogP contribution in [0.3, 0.4) is 0 Å². The Kier molecular flexibility index (Phi) is 5.16. The van der Waals surface area contributed by atoms with Crippen LogP contribution in [-0.2, 0) is 11.0 Å². The second kappa shape index (κ2) is 7.55. The zero-order chi connectivity index (χ0) is 20.3. The van der Waals surface area contributed by atoms with Crippen LogP contribution in [0.15, 0.2) is 49.2 Å². The highest BCUT2D eigenvalue weighted by molar-refractivity contribution is 6.23. The summed E-state index contributed by atoms with van der Waals surface area (Å²) in [5, 5.41) is 0. The van der Waals surface area contributed by atoms with E-state index in [1.54, 1.807) is 13.0 Å². The van der Waals surface area contributed by atoms with Crippen LogP contribution in [0.1, 0.15) is 22.4 Å². The Bertz CT molecular complexity index is 1050. The average molecular weight is 385 g/mol. The Morgan fingerprint density at radius 1 is 1.14 bits per heavy atom. The van der Waals surface area contributed by atoms with Crippen LogP contribution in [0.25, 0.3) is 23.0 Å². The van der Waals surface area contributed by atoms with Crippen LogP contribution in [0, 0.1) is 6.92 Å². The van der Waals surface area contributed by atoms with E-state index in [-0.39, 0.29) is 17.0 Å². The van der Waals surface area contributed by atoms with E-state index in [4.69, 9.17) is 5.73 Å². The number of nitrogens with zero attached hydrogens (tertiary/aromatic N) is 4. The van der Waals surface area contributed by atoms with E-state index >= 15 is 0 Å². The van der Waals surface area contributed by atoms with Gasteiger partial charge in [-0.05, 0) is 42.8 Å². The van der Waals surface area contributed by atoms with Crippen LogP contribution in [0.5, 0.6) is 0 Å². The van der Waals surface area contributed by atoms with Crippen LogP contribution in [0.4, 0.5) is 13.2 Å². The Morgan fingerprint density at radius 3 is 2.50 bits per heavy atom. The van der Waals surface area contributed by atoms with Crippen molar-refractivity contribution >= 4 is 17.6 Å². The molecular weight excluding hydrogens is 371 g/mol. The number of halogens is 3. The van der Waals surface area contributed by atoms with Crippen molar-refractivity contribution in [1.82, 2.24) is 19.9 Å². The Labute approximate surface area is 158 Å². The van der Waals surface area contributed by atoms with Crippen molar-refractivity contribution in [2.45, 2.75) is 13.1 Å². The van der Waals surface area contributed by atoms with Crippen molar-refractivity contribution in [3.63, 3.8) is 0 Å². The SMILES string of the molecule is Cc1cc(-c2nccc(/C=C(/C(N)=O)c3cncnc3)n2)cc(C(F)(F)F)c1. The number of primary amides is 1. The van der Waals surface area contributed by atoms with Crippen LogP contribution >= 0.6 is 0 Å². The summed E-state index contributed by atoms with van der Waals surface area (Å²) >= 11 is 0. The molecule has 2 aromatic heterocycles. The average Bonchev–Trinajstić information content (AvgIpc) is 2.65. The molecule has 0 radical (unpaired) electrons. The fourth-order valence-electron chi connectivity index (χ4n) is 2.55. The standard InChI is InChI=1S/C19H14F3N5O/c1-11-4-12(6-14(5-11)19(20,21)22)18-26-3-2-15(27-18)7-16(17(23)28)13-8-24-10-25-9-13/h2-10H,1H3,(H2,23,28)/b16-7+. The predicted octanol–water partition coefficient (Wildman–Crippen LogP) is 3.29. The van der Waals surface area contributed by atoms with Crippen molar-refractivity contribution in [1.29, 1.82) is 0 Å². The van der Waals surface area contributed by atoms with Crippen molar-refractivity contribution in [3.8, 4) is 11.4 Å². The summed E-state index contributed by atoms with van der Waals surface area (Å²) in [5.74, 6) is -0.624. The van der Waals surface area contributed by atoms with Crippen LogP contribution in [0.2, 0.25) is 0 Å². The van der Waals surface area contributed by atoms with E-state index in [1.165, 1.54) is 37.1 Å². The Morgan fingerprint density at radius 2 is 1.86 bits per heavy atom. The minimum atomic E-state index is -4.48. The summed E-state index contributed by atoms with van der Waals surface area (Å²) in [4.78, 5) is 27.8. The molecule has 142 valence electrons. The number of nitrogens with two attached hydrogens (primary N) is 1. The summed E-state index contributed by atoms with van der Waals surface area (Å²) in [6.07, 6.45) is 2.46. The van der Waals surface area contributed by atoms with Gasteiger partial charge in [0.25, 0.3) is 0 Å². The molecule has 3 aromatic rings. The summed E-state index contributed by atoms with van der Waals surface area (Å²) in [5.41, 5.74) is 6.09. The highest BCUT2D eigenvalue weighted by Crippen LogP contribution is 2.32. The lowest BCUT2D eigenvalue weighted by Gasteiger charge is -2.10. The number of rotatable bonds is 4. The summed E-state index contributed by atoms with van der Waals surface area (Å²) in [6.45, 7) is 1.56. The van der Waals surface area contributed by atoms with Gasteiger partial charge in [-0.25, -0.2) is 19.9 Å². The summed E-state index contributed by atoms with van der Waals surface area (Å²) in [7, 11) is 0. The molecule has 1 amide bonds. The lowest BCUT2D eigenvalue weighted by Crippen LogP contribution is -2.13. The number of carbonyl (C=O) groups excluding carboxylic acids is 1. The van der Waals surface area contributed by atoms with Crippen molar-refractivity contribution < 1.29 is 18.0 Å². The monoisotopic (exact) mass is 385 g/mol. The molecule has 9 heteroatoms. The van der Waals surface area contributed by atoms with Gasteiger partial charge in [-0.15, -0.1) is 0 Å². The van der Waals surface area contributed by atoms with E-state index in [0.29, 0.717) is 16.8 Å². The molecule has 0 saturated carbocycles. The summed E-state index contributed by atoms with van der Waals surface area (Å²) < 4.78 is 39.2. The molecule has 0 bridgehead atoms. The maximum atomic E-state index is 13.1. The second-order valence-corrected chi connectivity index (χ2v) is 5.94. The molecule has 0 aliphatic rings. The minimum Gasteiger partial charge on any atom is -0.366 e. The Balaban J connectivity index is 2.06. The normalized spacial score (nSPS) is 12.1. The zero-order valence-corrected chi connectivity index (χ0v) is 14.6. The lowest BCUT2D eigenvalue weighted by atomic mass is 10.1. The third-order valence-corrected chi connectivity index (χ3v) is 3.77. The van der Waals surface area contributed by atoms with E-state index in [1.807, 2.05) is 0 Å². The van der Waals surface area contributed by atoms with Crippen molar-refractivity contribution in [3.05, 3.63) is 71.6 Å². The first-order chi connectivity index (χ1) is 13.2. The molecule has 0 aliphatic carbocycles. The molecule has 0 unspecified atom stereocenters. The highest BCUT2D eigenvalue weighted by atomic mass is 19.4.